The summed E-state index contributed by atoms with van der Waals surface area (Å²) in [6.45, 7) is 6.02. The van der Waals surface area contributed by atoms with E-state index in [0.717, 1.165) is 11.3 Å². The summed E-state index contributed by atoms with van der Waals surface area (Å²) in [6, 6.07) is 7.39. The summed E-state index contributed by atoms with van der Waals surface area (Å²) in [5.41, 5.74) is 0.628. The lowest BCUT2D eigenvalue weighted by atomic mass is 10.1. The van der Waals surface area contributed by atoms with Crippen LogP contribution in [0.15, 0.2) is 24.3 Å². The van der Waals surface area contributed by atoms with Gasteiger partial charge in [0.2, 0.25) is 11.8 Å². The van der Waals surface area contributed by atoms with Gasteiger partial charge in [-0.05, 0) is 38.5 Å². The molecular formula is C15H22N2O3. The maximum atomic E-state index is 11.6. The van der Waals surface area contributed by atoms with E-state index in [1.54, 1.807) is 7.11 Å². The molecule has 0 atom stereocenters. The van der Waals surface area contributed by atoms with Gasteiger partial charge in [0.05, 0.1) is 7.11 Å². The zero-order valence-corrected chi connectivity index (χ0v) is 12.4. The third kappa shape index (κ3) is 6.22. The van der Waals surface area contributed by atoms with Crippen LogP contribution in [0.25, 0.3) is 0 Å². The van der Waals surface area contributed by atoms with Crippen molar-refractivity contribution in [3.63, 3.8) is 0 Å². The van der Waals surface area contributed by atoms with Gasteiger partial charge in [0, 0.05) is 12.1 Å². The number of hydrogen-bond donors (Lipinski definition) is 2. The predicted molar refractivity (Wildman–Crippen MR) is 77.4 cm³/mol. The van der Waals surface area contributed by atoms with E-state index in [4.69, 9.17) is 4.74 Å². The van der Waals surface area contributed by atoms with Crippen molar-refractivity contribution in [3.8, 4) is 5.75 Å². The highest BCUT2D eigenvalue weighted by Gasteiger charge is 2.16. The monoisotopic (exact) mass is 278 g/mol. The zero-order valence-electron chi connectivity index (χ0n) is 12.4. The maximum Gasteiger partial charge on any atom is 0.229 e. The SMILES string of the molecule is COc1ccc(CNC(=O)CC(=O)NC(C)(C)C)cc1. The van der Waals surface area contributed by atoms with Gasteiger partial charge in [-0.1, -0.05) is 12.1 Å². The van der Waals surface area contributed by atoms with Crippen molar-refractivity contribution in [1.29, 1.82) is 0 Å². The van der Waals surface area contributed by atoms with Gasteiger partial charge in [0.25, 0.3) is 0 Å². The average Bonchev–Trinajstić information content (AvgIpc) is 2.34. The van der Waals surface area contributed by atoms with Gasteiger partial charge in [-0.25, -0.2) is 0 Å². The Morgan fingerprint density at radius 3 is 2.20 bits per heavy atom. The number of hydrogen-bond acceptors (Lipinski definition) is 3. The quantitative estimate of drug-likeness (QED) is 0.804. The van der Waals surface area contributed by atoms with E-state index < -0.39 is 0 Å². The summed E-state index contributed by atoms with van der Waals surface area (Å²) >= 11 is 0. The summed E-state index contributed by atoms with van der Waals surface area (Å²) in [4.78, 5) is 23.2. The van der Waals surface area contributed by atoms with E-state index in [2.05, 4.69) is 10.6 Å². The first-order valence-electron chi connectivity index (χ1n) is 6.51. The number of rotatable bonds is 5. The van der Waals surface area contributed by atoms with Crippen LogP contribution < -0.4 is 15.4 Å². The molecule has 2 amide bonds. The Hall–Kier alpha value is -2.04. The highest BCUT2D eigenvalue weighted by molar-refractivity contribution is 5.97. The Bertz CT molecular complexity index is 461. The first kappa shape index (κ1) is 16.0. The second-order valence-electron chi connectivity index (χ2n) is 5.60. The summed E-state index contributed by atoms with van der Waals surface area (Å²) in [7, 11) is 1.60. The van der Waals surface area contributed by atoms with Gasteiger partial charge >= 0.3 is 0 Å². The Kier molecular flexibility index (Phi) is 5.55. The van der Waals surface area contributed by atoms with Crippen molar-refractivity contribution < 1.29 is 14.3 Å². The molecule has 5 heteroatoms. The lowest BCUT2D eigenvalue weighted by Crippen LogP contribution is -2.42. The van der Waals surface area contributed by atoms with E-state index in [1.807, 2.05) is 45.0 Å². The fourth-order valence-corrected chi connectivity index (χ4v) is 1.61. The fourth-order valence-electron chi connectivity index (χ4n) is 1.61. The summed E-state index contributed by atoms with van der Waals surface area (Å²) in [5.74, 6) is 0.205. The molecule has 1 aromatic carbocycles. The highest BCUT2D eigenvalue weighted by Crippen LogP contribution is 2.10. The largest absolute Gasteiger partial charge is 0.497 e. The van der Waals surface area contributed by atoms with Crippen molar-refractivity contribution in [1.82, 2.24) is 10.6 Å². The van der Waals surface area contributed by atoms with Gasteiger partial charge < -0.3 is 15.4 Å². The summed E-state index contributed by atoms with van der Waals surface area (Å²) in [6.07, 6.45) is -0.159. The van der Waals surface area contributed by atoms with Crippen molar-refractivity contribution in [2.24, 2.45) is 0 Å². The van der Waals surface area contributed by atoms with E-state index in [0.29, 0.717) is 6.54 Å². The van der Waals surface area contributed by atoms with Gasteiger partial charge in [-0.3, -0.25) is 9.59 Å². The van der Waals surface area contributed by atoms with E-state index >= 15 is 0 Å². The Balaban J connectivity index is 2.37. The Labute approximate surface area is 119 Å². The Morgan fingerprint density at radius 1 is 1.10 bits per heavy atom. The third-order valence-electron chi connectivity index (χ3n) is 2.48. The van der Waals surface area contributed by atoms with Gasteiger partial charge in [0.1, 0.15) is 12.2 Å². The zero-order chi connectivity index (χ0) is 15.2. The molecule has 0 saturated heterocycles. The number of methoxy groups -OCH3 is 1. The molecule has 0 spiro atoms. The molecule has 0 unspecified atom stereocenters. The lowest BCUT2D eigenvalue weighted by Gasteiger charge is -2.20. The van der Waals surface area contributed by atoms with Crippen molar-refractivity contribution in [2.75, 3.05) is 7.11 Å². The molecule has 0 aliphatic rings. The van der Waals surface area contributed by atoms with Crippen LogP contribution in [0, 0.1) is 0 Å². The third-order valence-corrected chi connectivity index (χ3v) is 2.48. The number of carbonyl (C=O) groups excluding carboxylic acids is 2. The molecule has 0 aromatic heterocycles. The number of amides is 2. The van der Waals surface area contributed by atoms with Crippen molar-refractivity contribution in [2.45, 2.75) is 39.3 Å². The average molecular weight is 278 g/mol. The van der Waals surface area contributed by atoms with E-state index in [-0.39, 0.29) is 23.8 Å². The molecule has 20 heavy (non-hydrogen) atoms. The first-order chi connectivity index (χ1) is 9.30. The minimum absolute atomic E-state index is 0.159. The molecule has 0 saturated carbocycles. The van der Waals surface area contributed by atoms with Crippen LogP contribution in [0.2, 0.25) is 0 Å². The second-order valence-corrected chi connectivity index (χ2v) is 5.60. The normalized spacial score (nSPS) is 10.8. The topological polar surface area (TPSA) is 67.4 Å². The van der Waals surface area contributed by atoms with Crippen LogP contribution in [-0.2, 0) is 16.1 Å². The molecule has 0 heterocycles. The molecular weight excluding hydrogens is 256 g/mol. The highest BCUT2D eigenvalue weighted by atomic mass is 16.5. The van der Waals surface area contributed by atoms with Crippen molar-refractivity contribution >= 4 is 11.8 Å². The first-order valence-corrected chi connectivity index (χ1v) is 6.51. The molecule has 2 N–H and O–H groups in total. The number of benzene rings is 1. The summed E-state index contributed by atoms with van der Waals surface area (Å²) < 4.78 is 5.05. The molecule has 0 aliphatic heterocycles. The van der Waals surface area contributed by atoms with Crippen LogP contribution >= 0.6 is 0 Å². The number of ether oxygens (including phenoxy) is 1. The van der Waals surface area contributed by atoms with Gasteiger partial charge in [0.15, 0.2) is 0 Å². The van der Waals surface area contributed by atoms with Crippen LogP contribution in [0.5, 0.6) is 5.75 Å². The second kappa shape index (κ2) is 6.93. The number of carbonyl (C=O) groups is 2. The predicted octanol–water partition coefficient (Wildman–Crippen LogP) is 1.62. The van der Waals surface area contributed by atoms with Crippen LogP contribution in [0.1, 0.15) is 32.8 Å². The minimum Gasteiger partial charge on any atom is -0.497 e. The molecule has 110 valence electrons. The smallest absolute Gasteiger partial charge is 0.229 e. The molecule has 0 radical (unpaired) electrons. The summed E-state index contributed by atoms with van der Waals surface area (Å²) in [5, 5.41) is 5.46. The van der Waals surface area contributed by atoms with Crippen LogP contribution in [0.4, 0.5) is 0 Å². The van der Waals surface area contributed by atoms with Crippen LogP contribution in [-0.4, -0.2) is 24.5 Å². The van der Waals surface area contributed by atoms with Gasteiger partial charge in [-0.15, -0.1) is 0 Å². The van der Waals surface area contributed by atoms with Crippen LogP contribution in [0.3, 0.4) is 0 Å². The molecule has 1 rings (SSSR count). The molecule has 0 bridgehead atoms. The standard InChI is InChI=1S/C15H22N2O3/c1-15(2,3)17-14(19)9-13(18)16-10-11-5-7-12(20-4)8-6-11/h5-8H,9-10H2,1-4H3,(H,16,18)(H,17,19). The number of nitrogens with one attached hydrogen (secondary N) is 2. The molecule has 1 aromatic rings. The molecule has 0 aliphatic carbocycles. The van der Waals surface area contributed by atoms with E-state index in [9.17, 15) is 9.59 Å². The van der Waals surface area contributed by atoms with E-state index in [1.165, 1.54) is 0 Å². The molecule has 0 fully saturated rings. The molecule has 5 nitrogen and oxygen atoms in total. The minimum atomic E-state index is -0.326. The Morgan fingerprint density at radius 2 is 1.70 bits per heavy atom. The van der Waals surface area contributed by atoms with Gasteiger partial charge in [-0.2, -0.15) is 0 Å². The lowest BCUT2D eigenvalue weighted by molar-refractivity contribution is -0.130. The fraction of sp³-hybridized carbons (Fsp3) is 0.467. The van der Waals surface area contributed by atoms with Crippen molar-refractivity contribution in [3.05, 3.63) is 29.8 Å². The maximum absolute atomic E-state index is 11.6.